The molecule has 0 radical (unpaired) electrons. The summed E-state index contributed by atoms with van der Waals surface area (Å²) < 4.78 is 5.94. The molecule has 0 atom stereocenters. The van der Waals surface area contributed by atoms with E-state index in [1.807, 2.05) is 0 Å². The summed E-state index contributed by atoms with van der Waals surface area (Å²) in [5.41, 5.74) is 1.39. The molecule has 1 aromatic rings. The van der Waals surface area contributed by atoms with Crippen LogP contribution in [-0.4, -0.2) is 73.2 Å². The maximum atomic E-state index is 5.94. The van der Waals surface area contributed by atoms with E-state index in [0.717, 1.165) is 25.3 Å². The van der Waals surface area contributed by atoms with E-state index in [1.54, 1.807) is 0 Å². The maximum Gasteiger partial charge on any atom is 0.119 e. The fraction of sp³-hybridized carbons (Fsp3) is 0.727. The molecule has 2 aliphatic heterocycles. The lowest BCUT2D eigenvalue weighted by Gasteiger charge is -2.36. The first-order valence-electron chi connectivity index (χ1n) is 10.6. The van der Waals surface area contributed by atoms with Crippen LogP contribution in [0.15, 0.2) is 24.3 Å². The summed E-state index contributed by atoms with van der Waals surface area (Å²) in [6, 6.07) is 9.41. The second-order valence-corrected chi connectivity index (χ2v) is 8.15. The summed E-state index contributed by atoms with van der Waals surface area (Å²) in [6.45, 7) is 14.9. The van der Waals surface area contributed by atoms with Gasteiger partial charge >= 0.3 is 0 Å². The predicted octanol–water partition coefficient (Wildman–Crippen LogP) is 3.47. The van der Waals surface area contributed by atoms with Crippen LogP contribution >= 0.6 is 0 Å². The number of piperidine rings is 1. The summed E-state index contributed by atoms with van der Waals surface area (Å²) >= 11 is 0. The van der Waals surface area contributed by atoms with Gasteiger partial charge in [-0.25, -0.2) is 0 Å². The zero-order valence-electron chi connectivity index (χ0n) is 16.8. The third-order valence-corrected chi connectivity index (χ3v) is 5.80. The normalized spacial score (nSPS) is 20.6. The van der Waals surface area contributed by atoms with Gasteiger partial charge < -0.3 is 9.64 Å². The Kier molecular flexibility index (Phi) is 7.78. The fourth-order valence-electron chi connectivity index (χ4n) is 4.05. The van der Waals surface area contributed by atoms with Gasteiger partial charge in [0.05, 0.1) is 6.61 Å². The van der Waals surface area contributed by atoms with Crippen molar-refractivity contribution < 1.29 is 4.74 Å². The van der Waals surface area contributed by atoms with Crippen molar-refractivity contribution in [2.75, 3.05) is 52.4 Å². The first-order valence-corrected chi connectivity index (χ1v) is 10.6. The van der Waals surface area contributed by atoms with Crippen molar-refractivity contribution in [2.45, 2.75) is 52.1 Å². The van der Waals surface area contributed by atoms with Gasteiger partial charge in [0.2, 0.25) is 0 Å². The SMILES string of the molecule is CC(C)N1CCN(Cc2ccc(OCCCN3CCCCC3)cc2)CC1. The fourth-order valence-corrected chi connectivity index (χ4v) is 4.05. The Balaban J connectivity index is 1.33. The van der Waals surface area contributed by atoms with Gasteiger partial charge in [-0.3, -0.25) is 9.80 Å². The number of hydrogen-bond donors (Lipinski definition) is 0. The van der Waals surface area contributed by atoms with Crippen LogP contribution in [0.4, 0.5) is 0 Å². The lowest BCUT2D eigenvalue weighted by molar-refractivity contribution is 0.104. The molecule has 2 saturated heterocycles. The van der Waals surface area contributed by atoms with E-state index in [0.29, 0.717) is 6.04 Å². The van der Waals surface area contributed by atoms with E-state index in [-0.39, 0.29) is 0 Å². The van der Waals surface area contributed by atoms with Crippen LogP contribution in [0.3, 0.4) is 0 Å². The first-order chi connectivity index (χ1) is 12.7. The van der Waals surface area contributed by atoms with Crippen LogP contribution in [0, 0.1) is 0 Å². The minimum Gasteiger partial charge on any atom is -0.494 e. The quantitative estimate of drug-likeness (QED) is 0.662. The molecule has 0 N–H and O–H groups in total. The highest BCUT2D eigenvalue weighted by atomic mass is 16.5. The molecule has 2 aliphatic rings. The zero-order chi connectivity index (χ0) is 18.2. The summed E-state index contributed by atoms with van der Waals surface area (Å²) in [5, 5.41) is 0. The Morgan fingerprint density at radius 1 is 0.846 bits per heavy atom. The van der Waals surface area contributed by atoms with Gasteiger partial charge in [0.1, 0.15) is 5.75 Å². The monoisotopic (exact) mass is 359 g/mol. The van der Waals surface area contributed by atoms with Crippen LogP contribution in [0.5, 0.6) is 5.75 Å². The molecular formula is C22H37N3O. The molecule has 0 saturated carbocycles. The number of likely N-dealkylation sites (tertiary alicyclic amines) is 1. The Morgan fingerprint density at radius 2 is 1.54 bits per heavy atom. The molecule has 26 heavy (non-hydrogen) atoms. The molecule has 146 valence electrons. The second-order valence-electron chi connectivity index (χ2n) is 8.15. The van der Waals surface area contributed by atoms with Gasteiger partial charge in [0.25, 0.3) is 0 Å². The number of piperazine rings is 1. The molecule has 0 spiro atoms. The van der Waals surface area contributed by atoms with Crippen LogP contribution in [0.2, 0.25) is 0 Å². The van der Waals surface area contributed by atoms with Crippen LogP contribution in [0.25, 0.3) is 0 Å². The van der Waals surface area contributed by atoms with Gasteiger partial charge in [-0.2, -0.15) is 0 Å². The van der Waals surface area contributed by atoms with Crippen molar-refractivity contribution in [1.82, 2.24) is 14.7 Å². The van der Waals surface area contributed by atoms with Crippen molar-refractivity contribution in [3.8, 4) is 5.75 Å². The van der Waals surface area contributed by atoms with Crippen molar-refractivity contribution >= 4 is 0 Å². The molecule has 0 amide bonds. The van der Waals surface area contributed by atoms with Crippen LogP contribution in [0.1, 0.15) is 45.1 Å². The maximum absolute atomic E-state index is 5.94. The molecule has 1 aromatic carbocycles. The highest BCUT2D eigenvalue weighted by molar-refractivity contribution is 5.27. The lowest BCUT2D eigenvalue weighted by atomic mass is 10.1. The highest BCUT2D eigenvalue weighted by Gasteiger charge is 2.18. The molecule has 4 nitrogen and oxygen atoms in total. The third kappa shape index (κ3) is 6.26. The molecule has 0 bridgehead atoms. The minimum atomic E-state index is 0.670. The van der Waals surface area contributed by atoms with Gasteiger partial charge in [-0.15, -0.1) is 0 Å². The number of nitrogens with zero attached hydrogens (tertiary/aromatic N) is 3. The Bertz CT molecular complexity index is 503. The standard InChI is InChI=1S/C22H37N3O/c1-20(2)25-16-14-24(15-17-25)19-21-7-9-22(10-8-21)26-18-6-13-23-11-4-3-5-12-23/h7-10,20H,3-6,11-19H2,1-2H3. The van der Waals surface area contributed by atoms with Gasteiger partial charge in [0.15, 0.2) is 0 Å². The summed E-state index contributed by atoms with van der Waals surface area (Å²) in [6.07, 6.45) is 5.28. The zero-order valence-corrected chi connectivity index (χ0v) is 16.8. The topological polar surface area (TPSA) is 19.0 Å². The first kappa shape index (κ1) is 19.7. The van der Waals surface area contributed by atoms with Gasteiger partial charge in [0, 0.05) is 45.3 Å². The number of hydrogen-bond acceptors (Lipinski definition) is 4. The molecular weight excluding hydrogens is 322 g/mol. The lowest BCUT2D eigenvalue weighted by Crippen LogP contribution is -2.48. The minimum absolute atomic E-state index is 0.670. The average Bonchev–Trinajstić information content (AvgIpc) is 2.68. The average molecular weight is 360 g/mol. The number of benzene rings is 1. The van der Waals surface area contributed by atoms with E-state index in [2.05, 4.69) is 52.8 Å². The van der Waals surface area contributed by atoms with E-state index >= 15 is 0 Å². The van der Waals surface area contributed by atoms with Crippen LogP contribution in [-0.2, 0) is 6.54 Å². The van der Waals surface area contributed by atoms with Crippen molar-refractivity contribution in [1.29, 1.82) is 0 Å². The molecule has 3 rings (SSSR count). The molecule has 2 fully saturated rings. The Morgan fingerprint density at radius 3 is 2.19 bits per heavy atom. The highest BCUT2D eigenvalue weighted by Crippen LogP contribution is 2.16. The van der Waals surface area contributed by atoms with Gasteiger partial charge in [-0.1, -0.05) is 18.6 Å². The van der Waals surface area contributed by atoms with Crippen molar-refractivity contribution in [3.05, 3.63) is 29.8 Å². The second kappa shape index (κ2) is 10.3. The summed E-state index contributed by atoms with van der Waals surface area (Å²) in [7, 11) is 0. The predicted molar refractivity (Wildman–Crippen MR) is 109 cm³/mol. The van der Waals surface area contributed by atoms with Gasteiger partial charge in [-0.05, 0) is 63.9 Å². The Labute approximate surface area is 160 Å². The summed E-state index contributed by atoms with van der Waals surface area (Å²) in [4.78, 5) is 7.71. The number of ether oxygens (including phenoxy) is 1. The molecule has 0 aromatic heterocycles. The van der Waals surface area contributed by atoms with E-state index in [9.17, 15) is 0 Å². The number of rotatable bonds is 8. The smallest absolute Gasteiger partial charge is 0.119 e. The van der Waals surface area contributed by atoms with E-state index in [1.165, 1.54) is 70.6 Å². The Hall–Kier alpha value is -1.10. The van der Waals surface area contributed by atoms with Crippen molar-refractivity contribution in [2.24, 2.45) is 0 Å². The molecule has 0 unspecified atom stereocenters. The third-order valence-electron chi connectivity index (χ3n) is 5.80. The summed E-state index contributed by atoms with van der Waals surface area (Å²) in [5.74, 6) is 1.01. The van der Waals surface area contributed by atoms with Crippen molar-refractivity contribution in [3.63, 3.8) is 0 Å². The largest absolute Gasteiger partial charge is 0.494 e. The molecule has 0 aliphatic carbocycles. The van der Waals surface area contributed by atoms with E-state index in [4.69, 9.17) is 4.74 Å². The molecule has 4 heteroatoms. The van der Waals surface area contributed by atoms with E-state index < -0.39 is 0 Å². The molecule has 2 heterocycles. The van der Waals surface area contributed by atoms with Crippen LogP contribution < -0.4 is 4.74 Å².